The van der Waals surface area contributed by atoms with E-state index in [1.807, 2.05) is 47.4 Å². The summed E-state index contributed by atoms with van der Waals surface area (Å²) in [5.74, 6) is -0.260. The molecule has 1 aromatic heterocycles. The first kappa shape index (κ1) is 16.9. The Bertz CT molecular complexity index is 812. The normalized spacial score (nSPS) is 10.6. The lowest BCUT2D eigenvalue weighted by Gasteiger charge is -2.04. The largest absolute Gasteiger partial charge is 0.356 e. The summed E-state index contributed by atoms with van der Waals surface area (Å²) in [7, 11) is 0. The maximum absolute atomic E-state index is 12.8. The minimum atomic E-state index is -0.260. The lowest BCUT2D eigenvalue weighted by Crippen LogP contribution is -2.25. The molecule has 0 spiro atoms. The number of carbonyl (C=O) groups is 1. The van der Waals surface area contributed by atoms with Crippen molar-refractivity contribution in [3.63, 3.8) is 0 Å². The van der Waals surface area contributed by atoms with Gasteiger partial charge in [0.1, 0.15) is 5.82 Å². The molecule has 0 aliphatic heterocycles. The summed E-state index contributed by atoms with van der Waals surface area (Å²) in [6, 6.07) is 16.1. The summed E-state index contributed by atoms with van der Waals surface area (Å²) < 4.78 is 14.7. The van der Waals surface area contributed by atoms with E-state index in [1.54, 1.807) is 12.1 Å². The Morgan fingerprint density at radius 3 is 2.52 bits per heavy atom. The first-order chi connectivity index (χ1) is 12.2. The molecule has 1 heterocycles. The summed E-state index contributed by atoms with van der Waals surface area (Å²) in [5, 5.41) is 7.25. The average molecular weight is 337 g/mol. The van der Waals surface area contributed by atoms with Crippen LogP contribution in [0.25, 0.3) is 5.69 Å². The van der Waals surface area contributed by atoms with Crippen LogP contribution in [0.5, 0.6) is 0 Å². The highest BCUT2D eigenvalue weighted by Crippen LogP contribution is 2.08. The highest BCUT2D eigenvalue weighted by atomic mass is 19.1. The Hall–Kier alpha value is -2.95. The molecule has 0 aliphatic carbocycles. The number of rotatable bonds is 7. The molecule has 1 N–H and O–H groups in total. The van der Waals surface area contributed by atoms with Gasteiger partial charge in [-0.2, -0.15) is 5.10 Å². The Balaban J connectivity index is 1.41. The fourth-order valence-corrected chi connectivity index (χ4v) is 2.55. The number of para-hydroxylation sites is 1. The molecule has 0 fully saturated rings. The number of aryl methyl sites for hydroxylation is 1. The Morgan fingerprint density at radius 2 is 1.76 bits per heavy atom. The van der Waals surface area contributed by atoms with Crippen LogP contribution in [0.2, 0.25) is 0 Å². The predicted molar refractivity (Wildman–Crippen MR) is 95.0 cm³/mol. The van der Waals surface area contributed by atoms with Gasteiger partial charge in [-0.1, -0.05) is 30.3 Å². The fourth-order valence-electron chi connectivity index (χ4n) is 2.55. The number of halogens is 1. The molecular formula is C20H20FN3O. The van der Waals surface area contributed by atoms with E-state index in [4.69, 9.17) is 0 Å². The number of carbonyl (C=O) groups excluding carboxylic acids is 1. The molecule has 0 bridgehead atoms. The maximum atomic E-state index is 12.8. The van der Waals surface area contributed by atoms with Crippen LogP contribution >= 0.6 is 0 Å². The first-order valence-electron chi connectivity index (χ1n) is 8.31. The van der Waals surface area contributed by atoms with Crippen molar-refractivity contribution in [2.45, 2.75) is 19.3 Å². The van der Waals surface area contributed by atoms with Gasteiger partial charge in [-0.15, -0.1) is 0 Å². The van der Waals surface area contributed by atoms with Gasteiger partial charge in [0.2, 0.25) is 5.91 Å². The molecule has 0 saturated carbocycles. The molecule has 1 amide bonds. The van der Waals surface area contributed by atoms with Crippen LogP contribution in [0.1, 0.15) is 17.5 Å². The zero-order valence-electron chi connectivity index (χ0n) is 13.9. The minimum absolute atomic E-state index is 0.000207. The van der Waals surface area contributed by atoms with Gasteiger partial charge in [-0.25, -0.2) is 9.07 Å². The van der Waals surface area contributed by atoms with Gasteiger partial charge in [0.25, 0.3) is 0 Å². The lowest BCUT2D eigenvalue weighted by atomic mass is 10.1. The van der Waals surface area contributed by atoms with Crippen LogP contribution in [0.15, 0.2) is 67.0 Å². The second kappa shape index (κ2) is 8.24. The first-order valence-corrected chi connectivity index (χ1v) is 8.31. The molecule has 0 unspecified atom stereocenters. The molecule has 0 saturated heterocycles. The van der Waals surface area contributed by atoms with E-state index in [2.05, 4.69) is 10.4 Å². The maximum Gasteiger partial charge on any atom is 0.220 e. The highest BCUT2D eigenvalue weighted by Gasteiger charge is 2.04. The molecule has 3 rings (SSSR count). The van der Waals surface area contributed by atoms with E-state index in [9.17, 15) is 9.18 Å². The van der Waals surface area contributed by atoms with Gasteiger partial charge in [-0.3, -0.25) is 4.79 Å². The molecule has 2 aromatic carbocycles. The van der Waals surface area contributed by atoms with E-state index in [1.165, 1.54) is 12.1 Å². The van der Waals surface area contributed by atoms with Crippen molar-refractivity contribution in [3.05, 3.63) is 83.9 Å². The van der Waals surface area contributed by atoms with Gasteiger partial charge < -0.3 is 5.32 Å². The number of hydrogen-bond donors (Lipinski definition) is 1. The van der Waals surface area contributed by atoms with Crippen LogP contribution in [0.3, 0.4) is 0 Å². The Morgan fingerprint density at radius 1 is 1.00 bits per heavy atom. The van der Waals surface area contributed by atoms with Crippen LogP contribution in [-0.2, 0) is 17.6 Å². The zero-order chi connectivity index (χ0) is 17.5. The molecule has 4 nitrogen and oxygen atoms in total. The van der Waals surface area contributed by atoms with Crippen LogP contribution in [0, 0.1) is 5.82 Å². The van der Waals surface area contributed by atoms with Gasteiger partial charge in [-0.05, 0) is 48.2 Å². The summed E-state index contributed by atoms with van der Waals surface area (Å²) in [4.78, 5) is 11.9. The minimum Gasteiger partial charge on any atom is -0.356 e. The quantitative estimate of drug-likeness (QED) is 0.719. The third kappa shape index (κ3) is 5.01. The summed E-state index contributed by atoms with van der Waals surface area (Å²) in [6.45, 7) is 0.572. The molecule has 0 radical (unpaired) electrons. The monoisotopic (exact) mass is 337 g/mol. The second-order valence-corrected chi connectivity index (χ2v) is 5.86. The van der Waals surface area contributed by atoms with Crippen molar-refractivity contribution in [2.75, 3.05) is 6.54 Å². The number of nitrogens with zero attached hydrogens (tertiary/aromatic N) is 2. The van der Waals surface area contributed by atoms with E-state index in [-0.39, 0.29) is 11.7 Å². The number of nitrogens with one attached hydrogen (secondary N) is 1. The van der Waals surface area contributed by atoms with Gasteiger partial charge in [0, 0.05) is 19.2 Å². The number of benzene rings is 2. The Kier molecular flexibility index (Phi) is 5.57. The average Bonchev–Trinajstić information content (AvgIpc) is 3.11. The van der Waals surface area contributed by atoms with E-state index < -0.39 is 0 Å². The number of hydrogen-bond acceptors (Lipinski definition) is 2. The molecular weight excluding hydrogens is 317 g/mol. The lowest BCUT2D eigenvalue weighted by molar-refractivity contribution is -0.121. The summed E-state index contributed by atoms with van der Waals surface area (Å²) in [6.07, 6.45) is 5.53. The second-order valence-electron chi connectivity index (χ2n) is 5.86. The van der Waals surface area contributed by atoms with E-state index in [0.717, 1.165) is 23.2 Å². The van der Waals surface area contributed by atoms with E-state index >= 15 is 0 Å². The third-order valence-electron chi connectivity index (χ3n) is 3.95. The van der Waals surface area contributed by atoms with Crippen molar-refractivity contribution in [2.24, 2.45) is 0 Å². The molecule has 5 heteroatoms. The molecule has 25 heavy (non-hydrogen) atoms. The van der Waals surface area contributed by atoms with Crippen molar-refractivity contribution in [1.29, 1.82) is 0 Å². The van der Waals surface area contributed by atoms with Crippen molar-refractivity contribution in [1.82, 2.24) is 15.1 Å². The van der Waals surface area contributed by atoms with Crippen molar-refractivity contribution in [3.8, 4) is 5.69 Å². The predicted octanol–water partition coefficient (Wildman–Crippen LogP) is 3.30. The third-order valence-corrected chi connectivity index (χ3v) is 3.95. The van der Waals surface area contributed by atoms with Crippen LogP contribution in [-0.4, -0.2) is 22.2 Å². The molecule has 3 aromatic rings. The van der Waals surface area contributed by atoms with Gasteiger partial charge in [0.05, 0.1) is 11.9 Å². The zero-order valence-corrected chi connectivity index (χ0v) is 13.9. The van der Waals surface area contributed by atoms with Crippen LogP contribution < -0.4 is 5.32 Å². The number of aromatic nitrogens is 2. The fraction of sp³-hybridized carbons (Fsp3) is 0.200. The SMILES string of the molecule is O=C(CCc1ccc(F)cc1)NCCc1cnn(-c2ccccc2)c1. The molecule has 0 aliphatic rings. The highest BCUT2D eigenvalue weighted by molar-refractivity contribution is 5.76. The van der Waals surface area contributed by atoms with Gasteiger partial charge >= 0.3 is 0 Å². The smallest absolute Gasteiger partial charge is 0.220 e. The summed E-state index contributed by atoms with van der Waals surface area (Å²) >= 11 is 0. The summed E-state index contributed by atoms with van der Waals surface area (Å²) in [5.41, 5.74) is 3.04. The van der Waals surface area contributed by atoms with Gasteiger partial charge in [0.15, 0.2) is 0 Å². The Labute approximate surface area is 146 Å². The number of amides is 1. The topological polar surface area (TPSA) is 46.9 Å². The van der Waals surface area contributed by atoms with Crippen LogP contribution in [0.4, 0.5) is 4.39 Å². The van der Waals surface area contributed by atoms with Crippen molar-refractivity contribution < 1.29 is 9.18 Å². The molecule has 0 atom stereocenters. The van der Waals surface area contributed by atoms with Crippen molar-refractivity contribution >= 4 is 5.91 Å². The van der Waals surface area contributed by atoms with E-state index in [0.29, 0.717) is 19.4 Å². The molecule has 128 valence electrons. The standard InChI is InChI=1S/C20H20FN3O/c21-18-9-6-16(7-10-18)8-11-20(25)22-13-12-17-14-23-24(15-17)19-4-2-1-3-5-19/h1-7,9-10,14-15H,8,11-13H2,(H,22,25).